The number of hydrogen-bond acceptors (Lipinski definition) is 2. The van der Waals surface area contributed by atoms with Crippen LogP contribution < -0.4 is 11.1 Å². The van der Waals surface area contributed by atoms with Crippen molar-refractivity contribution in [3.63, 3.8) is 0 Å². The van der Waals surface area contributed by atoms with E-state index in [1.54, 1.807) is 0 Å². The highest BCUT2D eigenvalue weighted by molar-refractivity contribution is 5.25. The molecule has 0 amide bonds. The van der Waals surface area contributed by atoms with Crippen molar-refractivity contribution in [2.45, 2.75) is 13.3 Å². The minimum Gasteiger partial charge on any atom is -0.329 e. The molecule has 0 fully saturated rings. The van der Waals surface area contributed by atoms with Crippen LogP contribution in [-0.2, 0) is 6.42 Å². The molecular weight excluding hydrogens is 160 g/mol. The zero-order valence-electron chi connectivity index (χ0n) is 8.22. The molecule has 3 N–H and O–H groups in total. The third-order valence-corrected chi connectivity index (χ3v) is 2.15. The largest absolute Gasteiger partial charge is 0.329 e. The standard InChI is InChI=1S/C11H18N2/c1-10-4-2-3-5-11(10)6-8-13-9-7-12/h2-5,13H,6-9,12H2,1H3. The Hall–Kier alpha value is -0.860. The van der Waals surface area contributed by atoms with Crippen LogP contribution >= 0.6 is 0 Å². The lowest BCUT2D eigenvalue weighted by Crippen LogP contribution is -2.24. The molecule has 0 aliphatic rings. The molecule has 2 heteroatoms. The van der Waals surface area contributed by atoms with Gasteiger partial charge in [-0.15, -0.1) is 0 Å². The van der Waals surface area contributed by atoms with Crippen molar-refractivity contribution in [3.8, 4) is 0 Å². The first kappa shape index (κ1) is 10.2. The first-order valence-electron chi connectivity index (χ1n) is 4.80. The molecule has 72 valence electrons. The summed E-state index contributed by atoms with van der Waals surface area (Å²) in [5.74, 6) is 0. The molecule has 1 rings (SSSR count). The van der Waals surface area contributed by atoms with Crippen LogP contribution in [0.1, 0.15) is 11.1 Å². The van der Waals surface area contributed by atoms with Gasteiger partial charge in [0.05, 0.1) is 0 Å². The van der Waals surface area contributed by atoms with E-state index in [0.29, 0.717) is 6.54 Å². The summed E-state index contributed by atoms with van der Waals surface area (Å²) in [5.41, 5.74) is 8.17. The minimum absolute atomic E-state index is 0.716. The summed E-state index contributed by atoms with van der Waals surface area (Å²) >= 11 is 0. The van der Waals surface area contributed by atoms with E-state index in [4.69, 9.17) is 5.73 Å². The Balaban J connectivity index is 2.32. The first-order valence-corrected chi connectivity index (χ1v) is 4.80. The van der Waals surface area contributed by atoms with Gasteiger partial charge in [0.2, 0.25) is 0 Å². The second kappa shape index (κ2) is 5.73. The van der Waals surface area contributed by atoms with Gasteiger partial charge in [-0.2, -0.15) is 0 Å². The van der Waals surface area contributed by atoms with Crippen LogP contribution in [0.25, 0.3) is 0 Å². The van der Waals surface area contributed by atoms with E-state index in [1.165, 1.54) is 11.1 Å². The Bertz CT molecular complexity index is 246. The van der Waals surface area contributed by atoms with Crippen LogP contribution in [0.4, 0.5) is 0 Å². The number of benzene rings is 1. The van der Waals surface area contributed by atoms with E-state index in [-0.39, 0.29) is 0 Å². The molecule has 0 aromatic heterocycles. The van der Waals surface area contributed by atoms with Crippen LogP contribution in [0.2, 0.25) is 0 Å². The molecule has 0 atom stereocenters. The van der Waals surface area contributed by atoms with Gasteiger partial charge in [-0.25, -0.2) is 0 Å². The average Bonchev–Trinajstić information content (AvgIpc) is 2.15. The van der Waals surface area contributed by atoms with E-state index in [9.17, 15) is 0 Å². The third-order valence-electron chi connectivity index (χ3n) is 2.15. The van der Waals surface area contributed by atoms with E-state index >= 15 is 0 Å². The maximum absolute atomic E-state index is 5.38. The van der Waals surface area contributed by atoms with Gasteiger partial charge in [-0.1, -0.05) is 24.3 Å². The fourth-order valence-electron chi connectivity index (χ4n) is 1.34. The lowest BCUT2D eigenvalue weighted by Gasteiger charge is -2.05. The molecule has 0 aliphatic carbocycles. The lowest BCUT2D eigenvalue weighted by molar-refractivity contribution is 0.687. The Morgan fingerprint density at radius 2 is 2.00 bits per heavy atom. The zero-order chi connectivity index (χ0) is 9.52. The minimum atomic E-state index is 0.716. The lowest BCUT2D eigenvalue weighted by atomic mass is 10.1. The molecule has 0 radical (unpaired) electrons. The van der Waals surface area contributed by atoms with Gasteiger partial charge < -0.3 is 11.1 Å². The molecule has 0 saturated heterocycles. The molecule has 0 heterocycles. The van der Waals surface area contributed by atoms with Gasteiger partial charge in [0.15, 0.2) is 0 Å². The quantitative estimate of drug-likeness (QED) is 0.662. The highest BCUT2D eigenvalue weighted by Gasteiger charge is 1.95. The third kappa shape index (κ3) is 3.57. The Morgan fingerprint density at radius 1 is 1.23 bits per heavy atom. The van der Waals surface area contributed by atoms with Gasteiger partial charge in [0, 0.05) is 13.1 Å². The van der Waals surface area contributed by atoms with Crippen molar-refractivity contribution >= 4 is 0 Å². The van der Waals surface area contributed by atoms with E-state index in [1.807, 2.05) is 0 Å². The van der Waals surface area contributed by atoms with Crippen LogP contribution in [0.5, 0.6) is 0 Å². The topological polar surface area (TPSA) is 38.0 Å². The maximum atomic E-state index is 5.38. The molecular formula is C11H18N2. The Morgan fingerprint density at radius 3 is 2.69 bits per heavy atom. The monoisotopic (exact) mass is 178 g/mol. The molecule has 0 unspecified atom stereocenters. The van der Waals surface area contributed by atoms with Crippen molar-refractivity contribution in [2.24, 2.45) is 5.73 Å². The van der Waals surface area contributed by atoms with Crippen LogP contribution in [0.3, 0.4) is 0 Å². The molecule has 0 spiro atoms. The van der Waals surface area contributed by atoms with Crippen LogP contribution in [0.15, 0.2) is 24.3 Å². The fourth-order valence-corrected chi connectivity index (χ4v) is 1.34. The fraction of sp³-hybridized carbons (Fsp3) is 0.455. The molecule has 0 saturated carbocycles. The molecule has 13 heavy (non-hydrogen) atoms. The summed E-state index contributed by atoms with van der Waals surface area (Å²) in [6.45, 7) is 4.79. The average molecular weight is 178 g/mol. The SMILES string of the molecule is Cc1ccccc1CCNCCN. The second-order valence-corrected chi connectivity index (χ2v) is 3.22. The summed E-state index contributed by atoms with van der Waals surface area (Å²) in [5, 5.41) is 3.29. The molecule has 0 bridgehead atoms. The Kier molecular flexibility index (Phi) is 4.50. The van der Waals surface area contributed by atoms with E-state index < -0.39 is 0 Å². The molecule has 1 aromatic carbocycles. The summed E-state index contributed by atoms with van der Waals surface area (Å²) in [7, 11) is 0. The summed E-state index contributed by atoms with van der Waals surface area (Å²) in [6, 6.07) is 8.50. The van der Waals surface area contributed by atoms with E-state index in [0.717, 1.165) is 19.5 Å². The van der Waals surface area contributed by atoms with Gasteiger partial charge in [-0.05, 0) is 31.0 Å². The van der Waals surface area contributed by atoms with Crippen molar-refractivity contribution in [1.29, 1.82) is 0 Å². The zero-order valence-corrected chi connectivity index (χ0v) is 8.22. The number of nitrogens with one attached hydrogen (secondary N) is 1. The molecule has 2 nitrogen and oxygen atoms in total. The van der Waals surface area contributed by atoms with E-state index in [2.05, 4.69) is 36.5 Å². The number of aryl methyl sites for hydroxylation is 1. The normalized spacial score (nSPS) is 10.3. The predicted molar refractivity (Wildman–Crippen MR) is 56.8 cm³/mol. The maximum Gasteiger partial charge on any atom is 0.00746 e. The number of rotatable bonds is 5. The second-order valence-electron chi connectivity index (χ2n) is 3.22. The molecule has 0 aliphatic heterocycles. The van der Waals surface area contributed by atoms with Crippen LogP contribution in [0, 0.1) is 6.92 Å². The number of hydrogen-bond donors (Lipinski definition) is 2. The smallest absolute Gasteiger partial charge is 0.00746 e. The van der Waals surface area contributed by atoms with Gasteiger partial charge in [0.25, 0.3) is 0 Å². The van der Waals surface area contributed by atoms with Crippen molar-refractivity contribution in [3.05, 3.63) is 35.4 Å². The van der Waals surface area contributed by atoms with Crippen molar-refractivity contribution < 1.29 is 0 Å². The number of nitrogens with two attached hydrogens (primary N) is 1. The summed E-state index contributed by atoms with van der Waals surface area (Å²) < 4.78 is 0. The van der Waals surface area contributed by atoms with Gasteiger partial charge in [-0.3, -0.25) is 0 Å². The molecule has 1 aromatic rings. The predicted octanol–water partition coefficient (Wildman–Crippen LogP) is 1.09. The first-order chi connectivity index (χ1) is 6.34. The highest BCUT2D eigenvalue weighted by atomic mass is 14.9. The van der Waals surface area contributed by atoms with Crippen LogP contribution in [-0.4, -0.2) is 19.6 Å². The van der Waals surface area contributed by atoms with Crippen molar-refractivity contribution in [2.75, 3.05) is 19.6 Å². The van der Waals surface area contributed by atoms with Gasteiger partial charge >= 0.3 is 0 Å². The highest BCUT2D eigenvalue weighted by Crippen LogP contribution is 2.06. The van der Waals surface area contributed by atoms with Gasteiger partial charge in [0.1, 0.15) is 0 Å². The Labute approximate surface area is 80.1 Å². The summed E-state index contributed by atoms with van der Waals surface area (Å²) in [6.07, 6.45) is 1.09. The summed E-state index contributed by atoms with van der Waals surface area (Å²) in [4.78, 5) is 0. The van der Waals surface area contributed by atoms with Crippen molar-refractivity contribution in [1.82, 2.24) is 5.32 Å².